The molecule has 3 heteroatoms. The smallest absolute Gasteiger partial charge is 0.114 e. The summed E-state index contributed by atoms with van der Waals surface area (Å²) in [6.45, 7) is 0. The maximum Gasteiger partial charge on any atom is 0.114 e. The number of fused-ring (bicyclic) bond motifs is 1. The molecule has 1 aliphatic carbocycles. The van der Waals surface area contributed by atoms with Crippen molar-refractivity contribution in [3.05, 3.63) is 83.9 Å². The van der Waals surface area contributed by atoms with Crippen LogP contribution in [0.15, 0.2) is 72.8 Å². The number of hydrogen-bond acceptors (Lipinski definition) is 3. The molecule has 1 heterocycles. The van der Waals surface area contributed by atoms with Crippen LogP contribution in [0.3, 0.4) is 0 Å². The highest BCUT2D eigenvalue weighted by Gasteiger charge is 2.43. The average molecular weight is 308 g/mol. The summed E-state index contributed by atoms with van der Waals surface area (Å²) in [5.41, 5.74) is 2.17. The van der Waals surface area contributed by atoms with E-state index in [1.165, 1.54) is 0 Å². The van der Waals surface area contributed by atoms with Crippen LogP contribution in [0, 0.1) is 0 Å². The summed E-state index contributed by atoms with van der Waals surface area (Å²) < 4.78 is 12.7. The standard InChI is InChI=1S/C20H20O3/c21-16-12-7-13-17-20(16)23-19(15-10-5-2-6-11-15)18(22-17)14-8-3-1-4-9-14/h1-12,16-21H,13H2/t16-,17-,18-,19-,20+/m0/s1. The second-order valence-corrected chi connectivity index (χ2v) is 6.09. The van der Waals surface area contributed by atoms with E-state index in [1.807, 2.05) is 42.5 Å². The van der Waals surface area contributed by atoms with Crippen LogP contribution in [-0.2, 0) is 9.47 Å². The van der Waals surface area contributed by atoms with Crippen molar-refractivity contribution in [3.63, 3.8) is 0 Å². The third kappa shape index (κ3) is 2.83. The highest BCUT2D eigenvalue weighted by atomic mass is 16.6. The normalized spacial score (nSPS) is 33.2. The first-order valence-corrected chi connectivity index (χ1v) is 8.08. The fourth-order valence-electron chi connectivity index (χ4n) is 3.41. The third-order valence-electron chi connectivity index (χ3n) is 4.56. The van der Waals surface area contributed by atoms with E-state index in [9.17, 15) is 5.11 Å². The van der Waals surface area contributed by atoms with Crippen LogP contribution in [0.2, 0.25) is 0 Å². The van der Waals surface area contributed by atoms with Crippen molar-refractivity contribution in [2.24, 2.45) is 0 Å². The van der Waals surface area contributed by atoms with E-state index in [0.29, 0.717) is 0 Å². The van der Waals surface area contributed by atoms with Gasteiger partial charge in [0.05, 0.1) is 6.10 Å². The van der Waals surface area contributed by atoms with Gasteiger partial charge in [-0.15, -0.1) is 0 Å². The Labute approximate surface area is 136 Å². The molecule has 0 spiro atoms. The van der Waals surface area contributed by atoms with Gasteiger partial charge in [0.15, 0.2) is 0 Å². The zero-order valence-electron chi connectivity index (χ0n) is 12.8. The van der Waals surface area contributed by atoms with Crippen molar-refractivity contribution in [1.82, 2.24) is 0 Å². The molecule has 0 bridgehead atoms. The van der Waals surface area contributed by atoms with Gasteiger partial charge in [-0.25, -0.2) is 0 Å². The summed E-state index contributed by atoms with van der Waals surface area (Å²) in [5, 5.41) is 10.2. The van der Waals surface area contributed by atoms with Crippen LogP contribution in [-0.4, -0.2) is 23.4 Å². The van der Waals surface area contributed by atoms with Crippen LogP contribution in [0.25, 0.3) is 0 Å². The lowest BCUT2D eigenvalue weighted by Crippen LogP contribution is -2.48. The van der Waals surface area contributed by atoms with Crippen LogP contribution < -0.4 is 0 Å². The van der Waals surface area contributed by atoms with Crippen LogP contribution in [0.5, 0.6) is 0 Å². The average Bonchev–Trinajstić information content (AvgIpc) is 2.63. The summed E-state index contributed by atoms with van der Waals surface area (Å²) in [5.74, 6) is 0. The first-order valence-electron chi connectivity index (χ1n) is 8.08. The molecule has 0 radical (unpaired) electrons. The van der Waals surface area contributed by atoms with Gasteiger partial charge in [0, 0.05) is 0 Å². The Kier molecular flexibility index (Phi) is 4.00. The molecular weight excluding hydrogens is 288 g/mol. The Morgan fingerprint density at radius 2 is 1.35 bits per heavy atom. The first kappa shape index (κ1) is 14.6. The molecule has 2 aliphatic rings. The Morgan fingerprint density at radius 1 is 0.783 bits per heavy atom. The number of ether oxygens (including phenoxy) is 2. The van der Waals surface area contributed by atoms with Crippen molar-refractivity contribution < 1.29 is 14.6 Å². The van der Waals surface area contributed by atoms with Crippen molar-refractivity contribution in [3.8, 4) is 0 Å². The summed E-state index contributed by atoms with van der Waals surface area (Å²) in [7, 11) is 0. The highest BCUT2D eigenvalue weighted by Crippen LogP contribution is 2.43. The number of rotatable bonds is 2. The monoisotopic (exact) mass is 308 g/mol. The van der Waals surface area contributed by atoms with Gasteiger partial charge in [-0.3, -0.25) is 0 Å². The molecule has 1 fully saturated rings. The van der Waals surface area contributed by atoms with Gasteiger partial charge in [0.25, 0.3) is 0 Å². The van der Waals surface area contributed by atoms with Crippen molar-refractivity contribution in [1.29, 1.82) is 0 Å². The Morgan fingerprint density at radius 3 is 1.96 bits per heavy atom. The van der Waals surface area contributed by atoms with E-state index < -0.39 is 6.10 Å². The predicted molar refractivity (Wildman–Crippen MR) is 87.9 cm³/mol. The quantitative estimate of drug-likeness (QED) is 0.862. The maximum atomic E-state index is 10.2. The van der Waals surface area contributed by atoms with Crippen LogP contribution in [0.1, 0.15) is 29.8 Å². The molecule has 0 aromatic heterocycles. The highest BCUT2D eigenvalue weighted by molar-refractivity contribution is 5.26. The minimum Gasteiger partial charge on any atom is -0.386 e. The molecule has 118 valence electrons. The maximum absolute atomic E-state index is 10.2. The molecule has 4 rings (SSSR count). The summed E-state index contributed by atoms with van der Waals surface area (Å²) in [6, 6.07) is 20.3. The van der Waals surface area contributed by atoms with E-state index in [2.05, 4.69) is 24.3 Å². The molecule has 2 aromatic carbocycles. The van der Waals surface area contributed by atoms with Gasteiger partial charge < -0.3 is 14.6 Å². The Balaban J connectivity index is 1.71. The van der Waals surface area contributed by atoms with E-state index >= 15 is 0 Å². The molecule has 5 atom stereocenters. The lowest BCUT2D eigenvalue weighted by Gasteiger charge is -2.44. The zero-order chi connectivity index (χ0) is 15.6. The summed E-state index contributed by atoms with van der Waals surface area (Å²) in [6.07, 6.45) is 3.11. The lowest BCUT2D eigenvalue weighted by atomic mass is 9.91. The van der Waals surface area contributed by atoms with Gasteiger partial charge in [0.2, 0.25) is 0 Å². The van der Waals surface area contributed by atoms with Crippen molar-refractivity contribution in [2.75, 3.05) is 0 Å². The van der Waals surface area contributed by atoms with Gasteiger partial charge >= 0.3 is 0 Å². The van der Waals surface area contributed by atoms with Crippen molar-refractivity contribution in [2.45, 2.75) is 36.9 Å². The number of aliphatic hydroxyl groups is 1. The van der Waals surface area contributed by atoms with Gasteiger partial charge in [-0.2, -0.15) is 0 Å². The van der Waals surface area contributed by atoms with E-state index in [0.717, 1.165) is 17.5 Å². The Bertz CT molecular complexity index is 668. The third-order valence-corrected chi connectivity index (χ3v) is 4.56. The SMILES string of the molecule is O[C@H]1C=CC[C@@H]2O[C@@H](c3ccccc3)[C@H](c3ccccc3)O[C@@H]21. The fourth-order valence-corrected chi connectivity index (χ4v) is 3.41. The molecule has 0 unspecified atom stereocenters. The molecule has 23 heavy (non-hydrogen) atoms. The molecule has 1 saturated heterocycles. The second-order valence-electron chi connectivity index (χ2n) is 6.09. The largest absolute Gasteiger partial charge is 0.386 e. The lowest BCUT2D eigenvalue weighted by molar-refractivity contribution is -0.245. The Hall–Kier alpha value is -1.94. The van der Waals surface area contributed by atoms with Crippen molar-refractivity contribution >= 4 is 0 Å². The van der Waals surface area contributed by atoms with E-state index in [-0.39, 0.29) is 24.4 Å². The zero-order valence-corrected chi connectivity index (χ0v) is 12.8. The molecule has 0 amide bonds. The topological polar surface area (TPSA) is 38.7 Å². The van der Waals surface area contributed by atoms with Gasteiger partial charge in [-0.1, -0.05) is 72.8 Å². The predicted octanol–water partition coefficient (Wildman–Crippen LogP) is 3.57. The molecular formula is C20H20O3. The molecule has 3 nitrogen and oxygen atoms in total. The first-order chi connectivity index (χ1) is 11.3. The number of benzene rings is 2. The van der Waals surface area contributed by atoms with Crippen LogP contribution in [0.4, 0.5) is 0 Å². The second kappa shape index (κ2) is 6.28. The van der Waals surface area contributed by atoms with Gasteiger partial charge in [0.1, 0.15) is 24.4 Å². The van der Waals surface area contributed by atoms with Crippen LogP contribution >= 0.6 is 0 Å². The molecule has 2 aromatic rings. The van der Waals surface area contributed by atoms with E-state index in [4.69, 9.17) is 9.47 Å². The van der Waals surface area contributed by atoms with E-state index in [1.54, 1.807) is 6.08 Å². The molecule has 1 aliphatic heterocycles. The van der Waals surface area contributed by atoms with Gasteiger partial charge in [-0.05, 0) is 17.5 Å². The minimum absolute atomic E-state index is 0.111. The molecule has 0 saturated carbocycles. The molecule has 1 N–H and O–H groups in total. The fraction of sp³-hybridized carbons (Fsp3) is 0.300. The number of hydrogen-bond donors (Lipinski definition) is 1. The minimum atomic E-state index is -0.614. The number of aliphatic hydroxyl groups excluding tert-OH is 1. The summed E-state index contributed by atoms with van der Waals surface area (Å²) >= 11 is 0. The summed E-state index contributed by atoms with van der Waals surface area (Å²) in [4.78, 5) is 0.